The number of anilines is 1. The summed E-state index contributed by atoms with van der Waals surface area (Å²) >= 11 is 1.18. The lowest BCUT2D eigenvalue weighted by Crippen LogP contribution is -2.10. The molecule has 0 amide bonds. The maximum Gasteiger partial charge on any atom is 0.306 e. The van der Waals surface area contributed by atoms with Crippen LogP contribution in [0.4, 0.5) is 5.82 Å². The average Bonchev–Trinajstić information content (AvgIpc) is 2.14. The van der Waals surface area contributed by atoms with Crippen molar-refractivity contribution in [2.24, 2.45) is 0 Å². The second-order valence-electron chi connectivity index (χ2n) is 1.93. The fourth-order valence-corrected chi connectivity index (χ4v) is 1.14. The summed E-state index contributed by atoms with van der Waals surface area (Å²) in [5, 5.41) is 1.79. The summed E-state index contributed by atoms with van der Waals surface area (Å²) in [5.74, 6) is 0.866. The van der Waals surface area contributed by atoms with Gasteiger partial charge in [-0.3, -0.25) is 9.78 Å². The third-order valence-corrected chi connectivity index (χ3v) is 1.65. The molecule has 1 aromatic heterocycles. The number of H-pyrrole nitrogens is 1. The van der Waals surface area contributed by atoms with Crippen LogP contribution >= 0.6 is 11.3 Å². The predicted octanol–water partition coefficient (Wildman–Crippen LogP) is 0.502. The summed E-state index contributed by atoms with van der Waals surface area (Å²) in [4.78, 5) is 15.1. The van der Waals surface area contributed by atoms with Gasteiger partial charge in [-0.15, -0.1) is 0 Å². The first-order valence-electron chi connectivity index (χ1n) is 2.55. The summed E-state index contributed by atoms with van der Waals surface area (Å²) in [7, 11) is 3.77. The molecule has 50 valence electrons. The third kappa shape index (κ3) is 1.32. The molecule has 0 spiro atoms. The van der Waals surface area contributed by atoms with E-state index in [2.05, 4.69) is 4.98 Å². The van der Waals surface area contributed by atoms with Crippen LogP contribution in [0.25, 0.3) is 0 Å². The smallest absolute Gasteiger partial charge is 0.306 e. The van der Waals surface area contributed by atoms with Crippen molar-refractivity contribution in [3.8, 4) is 0 Å². The third-order valence-electron chi connectivity index (χ3n) is 0.990. The number of rotatable bonds is 1. The fourth-order valence-electron chi connectivity index (χ4n) is 0.490. The molecule has 0 aliphatic carbocycles. The molecule has 0 radical (unpaired) electrons. The van der Waals surface area contributed by atoms with Crippen LogP contribution in [0.3, 0.4) is 0 Å². The van der Waals surface area contributed by atoms with E-state index in [4.69, 9.17) is 0 Å². The molecular weight excluding hydrogens is 136 g/mol. The molecule has 9 heavy (non-hydrogen) atoms. The molecule has 4 heteroatoms. The highest BCUT2D eigenvalue weighted by molar-refractivity contribution is 7.07. The van der Waals surface area contributed by atoms with Gasteiger partial charge < -0.3 is 4.90 Å². The quantitative estimate of drug-likeness (QED) is 0.623. The Hall–Kier alpha value is -0.770. The number of nitrogens with one attached hydrogen (secondary N) is 1. The van der Waals surface area contributed by atoms with Gasteiger partial charge in [-0.05, 0) is 0 Å². The summed E-state index contributed by atoms with van der Waals surface area (Å²) < 4.78 is 0. The largest absolute Gasteiger partial charge is 0.364 e. The van der Waals surface area contributed by atoms with Crippen LogP contribution in [0, 0.1) is 0 Å². The van der Waals surface area contributed by atoms with E-state index in [1.807, 2.05) is 19.0 Å². The first-order chi connectivity index (χ1) is 4.20. The van der Waals surface area contributed by atoms with Crippen molar-refractivity contribution in [1.29, 1.82) is 0 Å². The molecule has 0 aliphatic rings. The molecule has 1 rings (SSSR count). The zero-order chi connectivity index (χ0) is 6.85. The SMILES string of the molecule is CN(C)c1csc(=O)[nH]1. The summed E-state index contributed by atoms with van der Waals surface area (Å²) in [6.07, 6.45) is 0. The normalized spacial score (nSPS) is 9.56. The van der Waals surface area contributed by atoms with Crippen LogP contribution in [0.2, 0.25) is 0 Å². The Kier molecular flexibility index (Phi) is 1.57. The van der Waals surface area contributed by atoms with Gasteiger partial charge in [-0.1, -0.05) is 11.3 Å². The minimum atomic E-state index is -0.00120. The van der Waals surface area contributed by atoms with Crippen molar-refractivity contribution in [3.05, 3.63) is 15.0 Å². The van der Waals surface area contributed by atoms with Crippen molar-refractivity contribution in [3.63, 3.8) is 0 Å². The van der Waals surface area contributed by atoms with E-state index in [0.29, 0.717) is 0 Å². The minimum Gasteiger partial charge on any atom is -0.364 e. The maximum atomic E-state index is 10.5. The zero-order valence-corrected chi connectivity index (χ0v) is 6.16. The second-order valence-corrected chi connectivity index (χ2v) is 2.77. The van der Waals surface area contributed by atoms with Gasteiger partial charge >= 0.3 is 4.87 Å². The molecule has 0 bridgehead atoms. The van der Waals surface area contributed by atoms with Crippen molar-refractivity contribution >= 4 is 17.2 Å². The van der Waals surface area contributed by atoms with E-state index in [1.54, 1.807) is 5.38 Å². The van der Waals surface area contributed by atoms with Crippen LogP contribution in [0.15, 0.2) is 10.2 Å². The average molecular weight is 144 g/mol. The van der Waals surface area contributed by atoms with E-state index in [0.717, 1.165) is 5.82 Å². The molecule has 1 aromatic rings. The number of aromatic nitrogens is 1. The number of aromatic amines is 1. The zero-order valence-electron chi connectivity index (χ0n) is 5.34. The van der Waals surface area contributed by atoms with Gasteiger partial charge in [0.05, 0.1) is 0 Å². The van der Waals surface area contributed by atoms with Crippen molar-refractivity contribution in [2.75, 3.05) is 19.0 Å². The predicted molar refractivity (Wildman–Crippen MR) is 39.3 cm³/mol. The van der Waals surface area contributed by atoms with Gasteiger partial charge in [0.1, 0.15) is 5.82 Å². The van der Waals surface area contributed by atoms with Crippen molar-refractivity contribution < 1.29 is 0 Å². The minimum absolute atomic E-state index is 0.00120. The van der Waals surface area contributed by atoms with Crippen LogP contribution < -0.4 is 9.77 Å². The highest BCUT2D eigenvalue weighted by Crippen LogP contribution is 2.04. The number of thiazole rings is 1. The molecule has 0 saturated heterocycles. The molecule has 0 aliphatic heterocycles. The monoisotopic (exact) mass is 144 g/mol. The Morgan fingerprint density at radius 3 is 2.56 bits per heavy atom. The van der Waals surface area contributed by atoms with E-state index in [9.17, 15) is 4.79 Å². The Bertz CT molecular complexity index is 237. The Morgan fingerprint density at radius 1 is 1.67 bits per heavy atom. The molecule has 0 unspecified atom stereocenters. The highest BCUT2D eigenvalue weighted by Gasteiger charge is 1.94. The topological polar surface area (TPSA) is 36.1 Å². The molecular formula is C5H8N2OS. The molecule has 0 fully saturated rings. The van der Waals surface area contributed by atoms with Gasteiger partial charge in [-0.25, -0.2) is 0 Å². The lowest BCUT2D eigenvalue weighted by Gasteiger charge is -2.06. The highest BCUT2D eigenvalue weighted by atomic mass is 32.1. The lowest BCUT2D eigenvalue weighted by molar-refractivity contribution is 1.08. The van der Waals surface area contributed by atoms with E-state index >= 15 is 0 Å². The molecule has 0 saturated carbocycles. The van der Waals surface area contributed by atoms with Crippen molar-refractivity contribution in [1.82, 2.24) is 4.98 Å². The van der Waals surface area contributed by atoms with Crippen LogP contribution in [-0.4, -0.2) is 19.1 Å². The Labute approximate surface area is 56.9 Å². The summed E-state index contributed by atoms with van der Waals surface area (Å²) in [6.45, 7) is 0. The van der Waals surface area contributed by atoms with E-state index in [-0.39, 0.29) is 4.87 Å². The molecule has 1 N–H and O–H groups in total. The lowest BCUT2D eigenvalue weighted by atomic mass is 10.7. The summed E-state index contributed by atoms with van der Waals surface area (Å²) in [6, 6.07) is 0. The first-order valence-corrected chi connectivity index (χ1v) is 3.43. The van der Waals surface area contributed by atoms with Gasteiger partial charge in [-0.2, -0.15) is 0 Å². The van der Waals surface area contributed by atoms with Gasteiger partial charge in [0, 0.05) is 19.5 Å². The second kappa shape index (κ2) is 2.23. The molecule has 0 atom stereocenters. The molecule has 0 aromatic carbocycles. The maximum absolute atomic E-state index is 10.5. The number of hydrogen-bond donors (Lipinski definition) is 1. The van der Waals surface area contributed by atoms with Crippen molar-refractivity contribution in [2.45, 2.75) is 0 Å². The first kappa shape index (κ1) is 6.35. The van der Waals surface area contributed by atoms with Crippen LogP contribution in [-0.2, 0) is 0 Å². The Balaban J connectivity index is 2.98. The molecule has 3 nitrogen and oxygen atoms in total. The van der Waals surface area contributed by atoms with E-state index in [1.165, 1.54) is 11.3 Å². The number of nitrogens with zero attached hydrogens (tertiary/aromatic N) is 1. The Morgan fingerprint density at radius 2 is 2.33 bits per heavy atom. The van der Waals surface area contributed by atoms with Crippen LogP contribution in [0.1, 0.15) is 0 Å². The van der Waals surface area contributed by atoms with Gasteiger partial charge in [0.2, 0.25) is 0 Å². The van der Waals surface area contributed by atoms with Gasteiger partial charge in [0.15, 0.2) is 0 Å². The summed E-state index contributed by atoms with van der Waals surface area (Å²) in [5.41, 5.74) is 0. The van der Waals surface area contributed by atoms with E-state index < -0.39 is 0 Å². The van der Waals surface area contributed by atoms with Crippen LogP contribution in [0.5, 0.6) is 0 Å². The fraction of sp³-hybridized carbons (Fsp3) is 0.400. The number of hydrogen-bond acceptors (Lipinski definition) is 3. The standard InChI is InChI=1S/C5H8N2OS/c1-7(2)4-3-9-5(8)6-4/h3H,1-2H3,(H,6,8). The molecule has 1 heterocycles. The van der Waals surface area contributed by atoms with Gasteiger partial charge in [0.25, 0.3) is 0 Å².